The maximum Gasteiger partial charge on any atom is 0.150 e. The van der Waals surface area contributed by atoms with Gasteiger partial charge >= 0.3 is 0 Å². The molecule has 0 bridgehead atoms. The summed E-state index contributed by atoms with van der Waals surface area (Å²) in [5.41, 5.74) is 0. The van der Waals surface area contributed by atoms with Gasteiger partial charge in [-0.1, -0.05) is 0 Å². The number of azo groups is 1. The van der Waals surface area contributed by atoms with Crippen molar-refractivity contribution >= 4 is 6.21 Å². The molecular formula is C5H8N4. The van der Waals surface area contributed by atoms with E-state index in [-0.39, 0.29) is 0 Å². The molecule has 48 valence electrons. The van der Waals surface area contributed by atoms with Crippen LogP contribution in [0.3, 0.4) is 0 Å². The third-order valence-electron chi connectivity index (χ3n) is 0.824. The molecule has 4 heteroatoms. The summed E-state index contributed by atoms with van der Waals surface area (Å²) in [6, 6.07) is 0. The van der Waals surface area contributed by atoms with Crippen molar-refractivity contribution in [3.63, 3.8) is 0 Å². The first kappa shape index (κ1) is 5.94. The van der Waals surface area contributed by atoms with Crippen molar-refractivity contribution in [2.45, 2.75) is 0 Å². The normalized spacial score (nSPS) is 28.4. The Bertz CT molecular complexity index is 147. The molecule has 0 saturated heterocycles. The van der Waals surface area contributed by atoms with Crippen molar-refractivity contribution in [1.29, 1.82) is 0 Å². The third kappa shape index (κ3) is 2.58. The maximum absolute atomic E-state index is 3.90. The maximum atomic E-state index is 3.90. The topological polar surface area (TPSA) is 49.1 Å². The second-order valence-electron chi connectivity index (χ2n) is 1.49. The van der Waals surface area contributed by atoms with Gasteiger partial charge in [-0.2, -0.15) is 10.2 Å². The van der Waals surface area contributed by atoms with E-state index in [0.29, 0.717) is 6.67 Å². The Hall–Kier alpha value is -1.19. The molecule has 0 fully saturated rings. The molecule has 0 aromatic heterocycles. The van der Waals surface area contributed by atoms with Crippen molar-refractivity contribution in [2.75, 3.05) is 13.2 Å². The molecule has 1 heterocycles. The van der Waals surface area contributed by atoms with Gasteiger partial charge < -0.3 is 5.32 Å². The van der Waals surface area contributed by atoms with Gasteiger partial charge in [-0.3, -0.25) is 4.99 Å². The summed E-state index contributed by atoms with van der Waals surface area (Å²) in [4.78, 5) is 3.90. The van der Waals surface area contributed by atoms with E-state index in [1.165, 1.54) is 0 Å². The van der Waals surface area contributed by atoms with Crippen LogP contribution in [0.25, 0.3) is 0 Å². The van der Waals surface area contributed by atoms with Crippen LogP contribution in [0, 0.1) is 0 Å². The lowest BCUT2D eigenvalue weighted by atomic mass is 10.7. The fourth-order valence-corrected chi connectivity index (χ4v) is 0.449. The molecule has 0 aromatic rings. The minimum atomic E-state index is 0.437. The van der Waals surface area contributed by atoms with Gasteiger partial charge in [0.2, 0.25) is 0 Å². The third-order valence-corrected chi connectivity index (χ3v) is 0.824. The van der Waals surface area contributed by atoms with Crippen LogP contribution in [0.1, 0.15) is 0 Å². The van der Waals surface area contributed by atoms with Crippen LogP contribution in [-0.4, -0.2) is 19.4 Å². The van der Waals surface area contributed by atoms with E-state index >= 15 is 0 Å². The first-order valence-corrected chi connectivity index (χ1v) is 2.73. The summed E-state index contributed by atoms with van der Waals surface area (Å²) >= 11 is 0. The summed E-state index contributed by atoms with van der Waals surface area (Å²) in [5.74, 6) is 0. The Morgan fingerprint density at radius 3 is 3.44 bits per heavy atom. The van der Waals surface area contributed by atoms with Crippen LogP contribution in [0.4, 0.5) is 0 Å². The van der Waals surface area contributed by atoms with Crippen molar-refractivity contribution in [3.8, 4) is 0 Å². The van der Waals surface area contributed by atoms with E-state index in [1.54, 1.807) is 18.6 Å². The lowest BCUT2D eigenvalue weighted by Gasteiger charge is -1.87. The number of hydrogen-bond donors (Lipinski definition) is 1. The molecule has 0 aliphatic carbocycles. The molecule has 1 aliphatic heterocycles. The van der Waals surface area contributed by atoms with Gasteiger partial charge in [0.25, 0.3) is 0 Å². The minimum absolute atomic E-state index is 0.437. The summed E-state index contributed by atoms with van der Waals surface area (Å²) in [6.07, 6.45) is 5.12. The van der Waals surface area contributed by atoms with E-state index in [1.807, 2.05) is 0 Å². The van der Waals surface area contributed by atoms with Gasteiger partial charge in [0.05, 0.1) is 6.20 Å². The van der Waals surface area contributed by atoms with E-state index in [2.05, 4.69) is 20.5 Å². The van der Waals surface area contributed by atoms with Crippen molar-refractivity contribution in [3.05, 3.63) is 12.4 Å². The highest BCUT2D eigenvalue weighted by Gasteiger charge is 1.76. The number of nitrogens with one attached hydrogen (secondary N) is 1. The van der Waals surface area contributed by atoms with Gasteiger partial charge in [-0.15, -0.1) is 0 Å². The first-order valence-electron chi connectivity index (χ1n) is 2.73. The number of nitrogens with zero attached hydrogens (tertiary/aromatic N) is 3. The SMILES string of the molecule is C1=C\NC/C=N\C\N=N/1. The van der Waals surface area contributed by atoms with Crippen molar-refractivity contribution < 1.29 is 0 Å². The Morgan fingerprint density at radius 2 is 2.44 bits per heavy atom. The standard InChI is InChI=1S/C5H8N4/c1-2-7-5-9-8-4-3-6-1/h2-4,6H,1,5H2/b4-3-,7-2-,9-8-. The van der Waals surface area contributed by atoms with Crippen LogP contribution in [-0.2, 0) is 0 Å². The molecule has 0 spiro atoms. The molecule has 1 N–H and O–H groups in total. The summed E-state index contributed by atoms with van der Waals surface area (Å²) in [7, 11) is 0. The largest absolute Gasteiger partial charge is 0.385 e. The molecule has 0 unspecified atom stereocenters. The van der Waals surface area contributed by atoms with Gasteiger partial charge in [0, 0.05) is 19.0 Å². The Kier molecular flexibility index (Phi) is 2.49. The fourth-order valence-electron chi connectivity index (χ4n) is 0.449. The fraction of sp³-hybridized carbons (Fsp3) is 0.400. The summed E-state index contributed by atoms with van der Waals surface area (Å²) < 4.78 is 0. The monoisotopic (exact) mass is 124 g/mol. The Morgan fingerprint density at radius 1 is 1.44 bits per heavy atom. The van der Waals surface area contributed by atoms with Crippen LogP contribution in [0.15, 0.2) is 27.6 Å². The summed E-state index contributed by atoms with van der Waals surface area (Å²) in [5, 5.41) is 10.3. The lowest BCUT2D eigenvalue weighted by Crippen LogP contribution is -2.07. The smallest absolute Gasteiger partial charge is 0.150 e. The van der Waals surface area contributed by atoms with E-state index in [9.17, 15) is 0 Å². The second-order valence-corrected chi connectivity index (χ2v) is 1.49. The van der Waals surface area contributed by atoms with Gasteiger partial charge in [-0.25, -0.2) is 0 Å². The van der Waals surface area contributed by atoms with Gasteiger partial charge in [0.1, 0.15) is 6.67 Å². The molecule has 0 radical (unpaired) electrons. The average Bonchev–Trinajstić information content (AvgIpc) is 2.00. The summed E-state index contributed by atoms with van der Waals surface area (Å²) in [6.45, 7) is 1.19. The van der Waals surface area contributed by atoms with Gasteiger partial charge in [0.15, 0.2) is 0 Å². The molecule has 4 nitrogen and oxygen atoms in total. The predicted octanol–water partition coefficient (Wildman–Crippen LogP) is 0.541. The highest BCUT2D eigenvalue weighted by molar-refractivity contribution is 5.59. The minimum Gasteiger partial charge on any atom is -0.385 e. The van der Waals surface area contributed by atoms with Crippen LogP contribution >= 0.6 is 0 Å². The molecule has 9 heavy (non-hydrogen) atoms. The Balaban J connectivity index is 2.43. The molecule has 0 amide bonds. The van der Waals surface area contributed by atoms with Crippen LogP contribution in [0.2, 0.25) is 0 Å². The molecule has 1 rings (SSSR count). The van der Waals surface area contributed by atoms with Crippen molar-refractivity contribution in [2.24, 2.45) is 15.2 Å². The zero-order valence-electron chi connectivity index (χ0n) is 4.99. The molecule has 0 saturated carbocycles. The van der Waals surface area contributed by atoms with Gasteiger partial charge in [-0.05, 0) is 0 Å². The van der Waals surface area contributed by atoms with Crippen LogP contribution < -0.4 is 5.32 Å². The van der Waals surface area contributed by atoms with E-state index in [4.69, 9.17) is 0 Å². The van der Waals surface area contributed by atoms with Crippen LogP contribution in [0.5, 0.6) is 0 Å². The zero-order valence-corrected chi connectivity index (χ0v) is 4.99. The number of rotatable bonds is 0. The lowest BCUT2D eigenvalue weighted by molar-refractivity contribution is 0.969. The highest BCUT2D eigenvalue weighted by Crippen LogP contribution is 1.79. The van der Waals surface area contributed by atoms with E-state index in [0.717, 1.165) is 6.54 Å². The Labute approximate surface area is 53.4 Å². The molecule has 0 atom stereocenters. The quantitative estimate of drug-likeness (QED) is 0.503. The average molecular weight is 124 g/mol. The molecular weight excluding hydrogens is 116 g/mol. The highest BCUT2D eigenvalue weighted by atomic mass is 15.1. The predicted molar refractivity (Wildman–Crippen MR) is 35.4 cm³/mol. The number of aliphatic imine (C=N–C) groups is 1. The second kappa shape index (κ2) is 3.77. The molecule has 0 aromatic carbocycles. The first-order chi connectivity index (χ1) is 4.50. The van der Waals surface area contributed by atoms with Crippen molar-refractivity contribution in [1.82, 2.24) is 5.32 Å². The molecule has 1 aliphatic rings. The van der Waals surface area contributed by atoms with E-state index < -0.39 is 0 Å². The zero-order chi connectivity index (χ0) is 6.36. The number of hydrogen-bond acceptors (Lipinski definition) is 4.